The van der Waals surface area contributed by atoms with Gasteiger partial charge >= 0.3 is 6.36 Å². The van der Waals surface area contributed by atoms with Crippen LogP contribution < -0.4 is 15.8 Å². The van der Waals surface area contributed by atoms with E-state index in [0.717, 1.165) is 25.7 Å². The van der Waals surface area contributed by atoms with Crippen LogP contribution in [0.25, 0.3) is 0 Å². The largest absolute Gasteiger partial charge is 0.573 e. The lowest BCUT2D eigenvalue weighted by molar-refractivity contribution is -0.274. The van der Waals surface area contributed by atoms with Gasteiger partial charge in [0.1, 0.15) is 5.75 Å². The number of guanidine groups is 1. The second-order valence-electron chi connectivity index (χ2n) is 6.43. The highest BCUT2D eigenvalue weighted by Gasteiger charge is 2.32. The van der Waals surface area contributed by atoms with Crippen LogP contribution in [0.4, 0.5) is 18.9 Å². The average molecular weight is 487 g/mol. The van der Waals surface area contributed by atoms with Crippen molar-refractivity contribution in [3.63, 3.8) is 0 Å². The van der Waals surface area contributed by atoms with E-state index in [0.29, 0.717) is 18.7 Å². The maximum absolute atomic E-state index is 12.1. The molecule has 9 heteroatoms. The SMILES string of the molecule is I.NC(=NCC1(CCO)CCCCC1)Nc1ccc(OC(F)(F)F)cc1. The second kappa shape index (κ2) is 10.2. The van der Waals surface area contributed by atoms with Crippen molar-refractivity contribution >= 4 is 35.6 Å². The lowest BCUT2D eigenvalue weighted by Gasteiger charge is -2.35. The van der Waals surface area contributed by atoms with Crippen LogP contribution in [0, 0.1) is 5.41 Å². The smallest absolute Gasteiger partial charge is 0.406 e. The van der Waals surface area contributed by atoms with E-state index in [1.807, 2.05) is 0 Å². The van der Waals surface area contributed by atoms with Gasteiger partial charge in [-0.3, -0.25) is 4.99 Å². The molecule has 0 atom stereocenters. The minimum Gasteiger partial charge on any atom is -0.406 e. The zero-order valence-electron chi connectivity index (χ0n) is 14.4. The fourth-order valence-electron chi connectivity index (χ4n) is 3.21. The summed E-state index contributed by atoms with van der Waals surface area (Å²) in [7, 11) is 0. The van der Waals surface area contributed by atoms with Gasteiger partial charge in [-0.15, -0.1) is 37.1 Å². The summed E-state index contributed by atoms with van der Waals surface area (Å²) in [5.41, 5.74) is 6.40. The quantitative estimate of drug-likeness (QED) is 0.318. The highest BCUT2D eigenvalue weighted by molar-refractivity contribution is 14.0. The normalized spacial score (nSPS) is 17.3. The number of halogens is 4. The van der Waals surface area contributed by atoms with Gasteiger partial charge < -0.3 is 20.9 Å². The fraction of sp³-hybridized carbons (Fsp3) is 0.588. The molecule has 0 bridgehead atoms. The molecule has 1 fully saturated rings. The van der Waals surface area contributed by atoms with E-state index in [1.54, 1.807) is 0 Å². The Bertz CT molecular complexity index is 568. The molecule has 4 N–H and O–H groups in total. The second-order valence-corrected chi connectivity index (χ2v) is 6.43. The Morgan fingerprint density at radius 2 is 1.81 bits per heavy atom. The molecule has 0 radical (unpaired) electrons. The zero-order chi connectivity index (χ0) is 18.3. The molecule has 2 rings (SSSR count). The molecule has 0 saturated heterocycles. The van der Waals surface area contributed by atoms with E-state index in [-0.39, 0.29) is 47.7 Å². The van der Waals surface area contributed by atoms with E-state index < -0.39 is 6.36 Å². The summed E-state index contributed by atoms with van der Waals surface area (Å²) in [5, 5.41) is 12.2. The summed E-state index contributed by atoms with van der Waals surface area (Å²) >= 11 is 0. The van der Waals surface area contributed by atoms with Gasteiger partial charge in [0.05, 0.1) is 0 Å². The molecule has 1 aromatic rings. The highest BCUT2D eigenvalue weighted by Crippen LogP contribution is 2.39. The van der Waals surface area contributed by atoms with Gasteiger partial charge in [-0.2, -0.15) is 0 Å². The van der Waals surface area contributed by atoms with Crippen molar-refractivity contribution in [3.05, 3.63) is 24.3 Å². The Labute approximate surface area is 168 Å². The molecule has 0 aliphatic heterocycles. The molecule has 1 saturated carbocycles. The van der Waals surface area contributed by atoms with E-state index in [4.69, 9.17) is 5.73 Å². The minimum atomic E-state index is -4.71. The molecule has 1 aromatic carbocycles. The predicted molar refractivity (Wildman–Crippen MR) is 106 cm³/mol. The highest BCUT2D eigenvalue weighted by atomic mass is 127. The maximum atomic E-state index is 12.1. The molecule has 5 nitrogen and oxygen atoms in total. The van der Waals surface area contributed by atoms with E-state index in [2.05, 4.69) is 15.0 Å². The van der Waals surface area contributed by atoms with Crippen LogP contribution in [0.15, 0.2) is 29.3 Å². The molecular formula is C17H25F3IN3O2. The molecule has 1 aliphatic carbocycles. The Hall–Kier alpha value is -1.23. The summed E-state index contributed by atoms with van der Waals surface area (Å²) in [6.07, 6.45) is 1.50. The summed E-state index contributed by atoms with van der Waals surface area (Å²) < 4.78 is 40.2. The van der Waals surface area contributed by atoms with Gasteiger partial charge in [0.15, 0.2) is 5.96 Å². The van der Waals surface area contributed by atoms with Gasteiger partial charge in [-0.05, 0) is 48.9 Å². The Morgan fingerprint density at radius 3 is 2.35 bits per heavy atom. The lowest BCUT2D eigenvalue weighted by Crippen LogP contribution is -2.31. The molecule has 0 amide bonds. The Morgan fingerprint density at radius 1 is 1.19 bits per heavy atom. The van der Waals surface area contributed by atoms with Gasteiger partial charge in [-0.25, -0.2) is 0 Å². The monoisotopic (exact) mass is 487 g/mol. The Balaban J connectivity index is 0.00000338. The number of rotatable bonds is 6. The number of aliphatic imine (C=N–C) groups is 1. The number of aliphatic hydroxyl groups is 1. The molecule has 0 unspecified atom stereocenters. The zero-order valence-corrected chi connectivity index (χ0v) is 16.7. The van der Waals surface area contributed by atoms with Crippen molar-refractivity contribution in [1.82, 2.24) is 0 Å². The van der Waals surface area contributed by atoms with Crippen LogP contribution in [-0.4, -0.2) is 30.6 Å². The third-order valence-corrected chi connectivity index (χ3v) is 4.50. The van der Waals surface area contributed by atoms with Crippen LogP contribution >= 0.6 is 24.0 Å². The standard InChI is InChI=1S/C17H24F3N3O2.HI/c18-17(19,20)25-14-6-4-13(5-7-14)23-15(21)22-12-16(10-11-24)8-2-1-3-9-16;/h4-7,24H,1-3,8-12H2,(H3,21,22,23);1H. The van der Waals surface area contributed by atoms with E-state index in [9.17, 15) is 18.3 Å². The number of aliphatic hydroxyl groups excluding tert-OH is 1. The number of nitrogens with two attached hydrogens (primary N) is 1. The number of ether oxygens (including phenoxy) is 1. The molecule has 148 valence electrons. The van der Waals surface area contributed by atoms with Crippen molar-refractivity contribution < 1.29 is 23.0 Å². The topological polar surface area (TPSA) is 79.9 Å². The number of hydrogen-bond donors (Lipinski definition) is 3. The molecule has 0 spiro atoms. The molecular weight excluding hydrogens is 462 g/mol. The number of nitrogens with zero attached hydrogens (tertiary/aromatic N) is 1. The average Bonchev–Trinajstić information content (AvgIpc) is 2.55. The number of hydrogen-bond acceptors (Lipinski definition) is 3. The van der Waals surface area contributed by atoms with Gasteiger partial charge in [-0.1, -0.05) is 19.3 Å². The lowest BCUT2D eigenvalue weighted by atomic mass is 9.72. The third kappa shape index (κ3) is 7.56. The van der Waals surface area contributed by atoms with Crippen LogP contribution in [0.2, 0.25) is 0 Å². The summed E-state index contributed by atoms with van der Waals surface area (Å²) in [6, 6.07) is 5.29. The third-order valence-electron chi connectivity index (χ3n) is 4.50. The number of nitrogens with one attached hydrogen (secondary N) is 1. The fourth-order valence-corrected chi connectivity index (χ4v) is 3.21. The first-order valence-electron chi connectivity index (χ1n) is 8.36. The van der Waals surface area contributed by atoms with Crippen LogP contribution in [0.5, 0.6) is 5.75 Å². The van der Waals surface area contributed by atoms with Crippen molar-refractivity contribution in [3.8, 4) is 5.75 Å². The first kappa shape index (κ1) is 22.8. The first-order valence-corrected chi connectivity index (χ1v) is 8.36. The summed E-state index contributed by atoms with van der Waals surface area (Å²) in [5.74, 6) is -0.0926. The molecule has 26 heavy (non-hydrogen) atoms. The number of anilines is 1. The Kier molecular flexibility index (Phi) is 8.94. The number of alkyl halides is 3. The van der Waals surface area contributed by atoms with Crippen molar-refractivity contribution in [2.45, 2.75) is 44.9 Å². The molecule has 0 aromatic heterocycles. The van der Waals surface area contributed by atoms with Crippen molar-refractivity contribution in [2.75, 3.05) is 18.5 Å². The maximum Gasteiger partial charge on any atom is 0.573 e. The summed E-state index contributed by atoms with van der Waals surface area (Å²) in [6.45, 7) is 0.658. The summed E-state index contributed by atoms with van der Waals surface area (Å²) in [4.78, 5) is 4.38. The number of benzene rings is 1. The van der Waals surface area contributed by atoms with E-state index >= 15 is 0 Å². The van der Waals surface area contributed by atoms with Crippen LogP contribution in [-0.2, 0) is 0 Å². The van der Waals surface area contributed by atoms with Crippen molar-refractivity contribution in [2.24, 2.45) is 16.1 Å². The molecule has 1 aliphatic rings. The van der Waals surface area contributed by atoms with Crippen LogP contribution in [0.1, 0.15) is 38.5 Å². The molecule has 0 heterocycles. The van der Waals surface area contributed by atoms with Crippen LogP contribution in [0.3, 0.4) is 0 Å². The predicted octanol–water partition coefficient (Wildman–Crippen LogP) is 4.26. The minimum absolute atomic E-state index is 0. The first-order chi connectivity index (χ1) is 11.8. The van der Waals surface area contributed by atoms with Crippen molar-refractivity contribution in [1.29, 1.82) is 0 Å². The van der Waals surface area contributed by atoms with Gasteiger partial charge in [0.2, 0.25) is 0 Å². The van der Waals surface area contributed by atoms with Gasteiger partial charge in [0, 0.05) is 18.8 Å². The van der Waals surface area contributed by atoms with E-state index in [1.165, 1.54) is 30.7 Å². The van der Waals surface area contributed by atoms with Gasteiger partial charge in [0.25, 0.3) is 0 Å².